The fraction of sp³-hybridized carbons (Fsp3) is 0.324. The molecule has 0 bridgehead atoms. The normalized spacial score (nSPS) is 14.5. The molecule has 0 saturated carbocycles. The summed E-state index contributed by atoms with van der Waals surface area (Å²) in [6.07, 6.45) is 14.3. The summed E-state index contributed by atoms with van der Waals surface area (Å²) in [6, 6.07) is 54.5. The number of pyridine rings is 1. The highest BCUT2D eigenvalue weighted by molar-refractivity contribution is 6.05. The Balaban J connectivity index is 1.12. The van der Waals surface area contributed by atoms with Gasteiger partial charge in [0.05, 0.1) is 5.69 Å². The zero-order valence-electron chi connectivity index (χ0n) is 44.3. The Labute approximate surface area is 429 Å². The molecule has 0 amide bonds. The number of aryl methyl sites for hydroxylation is 2. The van der Waals surface area contributed by atoms with Gasteiger partial charge in [-0.2, -0.15) is 0 Å². The molecule has 9 aromatic rings. The molecule has 0 aliphatic heterocycles. The minimum Gasteiger partial charge on any atom is -0.255 e. The summed E-state index contributed by atoms with van der Waals surface area (Å²) in [5.74, 6) is 1.89. The summed E-state index contributed by atoms with van der Waals surface area (Å²) in [4.78, 5) is 21.1. The first-order valence-corrected chi connectivity index (χ1v) is 26.9. The minimum absolute atomic E-state index is 0.0284. The van der Waals surface area contributed by atoms with E-state index >= 15 is 0 Å². The van der Waals surface area contributed by atoms with Crippen molar-refractivity contribution in [2.24, 2.45) is 0 Å². The number of fused-ring (bicyclic) bond motifs is 6. The van der Waals surface area contributed by atoms with Crippen LogP contribution in [0, 0.1) is 0 Å². The Morgan fingerprint density at radius 3 is 1.54 bits per heavy atom. The molecule has 1 aliphatic carbocycles. The summed E-state index contributed by atoms with van der Waals surface area (Å²) in [5.41, 5.74) is 16.8. The summed E-state index contributed by atoms with van der Waals surface area (Å²) < 4.78 is 0. The van der Waals surface area contributed by atoms with Crippen molar-refractivity contribution in [1.82, 2.24) is 19.9 Å². The number of hydrogen-bond acceptors (Lipinski definition) is 4. The number of rotatable bonds is 15. The third-order valence-corrected chi connectivity index (χ3v) is 15.5. The van der Waals surface area contributed by atoms with Gasteiger partial charge >= 0.3 is 0 Å². The summed E-state index contributed by atoms with van der Waals surface area (Å²) >= 11 is 0. The zero-order chi connectivity index (χ0) is 50.2. The van der Waals surface area contributed by atoms with Gasteiger partial charge in [0.1, 0.15) is 0 Å². The van der Waals surface area contributed by atoms with Gasteiger partial charge in [0.15, 0.2) is 17.5 Å². The third kappa shape index (κ3) is 9.53. The van der Waals surface area contributed by atoms with Gasteiger partial charge < -0.3 is 0 Å². The number of hydrogen-bond donors (Lipinski definition) is 0. The van der Waals surface area contributed by atoms with Gasteiger partial charge in [0.2, 0.25) is 0 Å². The lowest BCUT2D eigenvalue weighted by atomic mass is 9.72. The van der Waals surface area contributed by atoms with Gasteiger partial charge in [-0.1, -0.05) is 233 Å². The Hall–Kier alpha value is -6.78. The highest BCUT2D eigenvalue weighted by atomic mass is 15.0. The molecule has 4 heteroatoms. The van der Waals surface area contributed by atoms with Crippen molar-refractivity contribution >= 4 is 21.5 Å². The van der Waals surface area contributed by atoms with Gasteiger partial charge in [0.25, 0.3) is 0 Å². The molecule has 4 nitrogen and oxygen atoms in total. The van der Waals surface area contributed by atoms with Crippen LogP contribution < -0.4 is 0 Å². The van der Waals surface area contributed by atoms with Crippen LogP contribution in [0.1, 0.15) is 153 Å². The van der Waals surface area contributed by atoms with Crippen LogP contribution in [-0.2, 0) is 29.1 Å². The molecule has 10 rings (SSSR count). The van der Waals surface area contributed by atoms with Crippen molar-refractivity contribution in [1.29, 1.82) is 0 Å². The van der Waals surface area contributed by atoms with Gasteiger partial charge in [-0.05, 0) is 116 Å². The minimum atomic E-state index is -0.383. The molecule has 7 aromatic carbocycles. The van der Waals surface area contributed by atoms with E-state index in [-0.39, 0.29) is 16.2 Å². The molecule has 2 aromatic heterocycles. The summed E-state index contributed by atoms with van der Waals surface area (Å²) in [6.45, 7) is 20.6. The van der Waals surface area contributed by atoms with Crippen LogP contribution in [0.15, 0.2) is 152 Å². The van der Waals surface area contributed by atoms with Crippen molar-refractivity contribution < 1.29 is 0 Å². The van der Waals surface area contributed by atoms with Crippen molar-refractivity contribution in [2.45, 2.75) is 143 Å². The lowest BCUT2D eigenvalue weighted by Crippen LogP contribution is -2.23. The highest BCUT2D eigenvalue weighted by Crippen LogP contribution is 2.56. The topological polar surface area (TPSA) is 51.6 Å². The number of benzene rings is 7. The van der Waals surface area contributed by atoms with E-state index in [0.717, 1.165) is 51.6 Å². The third-order valence-electron chi connectivity index (χ3n) is 15.5. The Kier molecular flexibility index (Phi) is 13.6. The first-order valence-electron chi connectivity index (χ1n) is 26.9. The molecule has 1 unspecified atom stereocenters. The average molecular weight is 945 g/mol. The van der Waals surface area contributed by atoms with E-state index in [9.17, 15) is 0 Å². The number of nitrogens with zero attached hydrogens (tertiary/aromatic N) is 4. The monoisotopic (exact) mass is 945 g/mol. The quantitative estimate of drug-likeness (QED) is 0.0961. The molecular formula is C68H72N4. The molecule has 0 radical (unpaired) electrons. The van der Waals surface area contributed by atoms with Gasteiger partial charge in [0, 0.05) is 39.3 Å². The van der Waals surface area contributed by atoms with Gasteiger partial charge in [-0.25, -0.2) is 15.0 Å². The van der Waals surface area contributed by atoms with Crippen LogP contribution in [0.3, 0.4) is 0 Å². The Bertz CT molecular complexity index is 3300. The zero-order valence-corrected chi connectivity index (χ0v) is 44.3. The Morgan fingerprint density at radius 1 is 0.444 bits per heavy atom. The average Bonchev–Trinajstić information content (AvgIpc) is 3.66. The Morgan fingerprint density at radius 2 is 0.972 bits per heavy atom. The second-order valence-electron chi connectivity index (χ2n) is 22.8. The van der Waals surface area contributed by atoms with Crippen LogP contribution in [0.2, 0.25) is 0 Å². The van der Waals surface area contributed by atoms with Crippen LogP contribution in [0.5, 0.6) is 0 Å². The summed E-state index contributed by atoms with van der Waals surface area (Å²) in [5, 5.41) is 4.70. The van der Waals surface area contributed by atoms with Gasteiger partial charge in [-0.15, -0.1) is 0 Å². The first kappa shape index (κ1) is 48.8. The van der Waals surface area contributed by atoms with Crippen molar-refractivity contribution in [3.05, 3.63) is 191 Å². The van der Waals surface area contributed by atoms with Crippen LogP contribution >= 0.6 is 0 Å². The van der Waals surface area contributed by atoms with E-state index in [4.69, 9.17) is 19.9 Å². The van der Waals surface area contributed by atoms with E-state index in [1.807, 2.05) is 6.20 Å². The number of aromatic nitrogens is 4. The fourth-order valence-corrected chi connectivity index (χ4v) is 11.2. The molecule has 1 atom stereocenters. The number of unbranched alkanes of at least 4 members (excludes halogenated alkanes) is 6. The molecule has 364 valence electrons. The lowest BCUT2D eigenvalue weighted by molar-refractivity contribution is 0.590. The highest BCUT2D eigenvalue weighted by Gasteiger charge is 2.42. The van der Waals surface area contributed by atoms with Crippen LogP contribution in [0.25, 0.3) is 78.1 Å². The largest absolute Gasteiger partial charge is 0.255 e. The van der Waals surface area contributed by atoms with Crippen molar-refractivity contribution in [3.63, 3.8) is 0 Å². The van der Waals surface area contributed by atoms with E-state index in [0.29, 0.717) is 17.5 Å². The molecule has 0 N–H and O–H groups in total. The molecule has 0 fully saturated rings. The predicted octanol–water partition coefficient (Wildman–Crippen LogP) is 18.4. The molecule has 72 heavy (non-hydrogen) atoms. The smallest absolute Gasteiger partial charge is 0.166 e. The second-order valence-corrected chi connectivity index (χ2v) is 22.8. The maximum Gasteiger partial charge on any atom is 0.166 e. The van der Waals surface area contributed by atoms with Crippen LogP contribution in [0.4, 0.5) is 0 Å². The van der Waals surface area contributed by atoms with Gasteiger partial charge in [-0.3, -0.25) is 4.98 Å². The van der Waals surface area contributed by atoms with E-state index in [1.54, 1.807) is 0 Å². The van der Waals surface area contributed by atoms with Crippen LogP contribution in [-0.4, -0.2) is 19.9 Å². The van der Waals surface area contributed by atoms with E-state index in [2.05, 4.69) is 208 Å². The predicted molar refractivity (Wildman–Crippen MR) is 305 cm³/mol. The van der Waals surface area contributed by atoms with E-state index < -0.39 is 0 Å². The molecule has 0 spiro atoms. The lowest BCUT2D eigenvalue weighted by Gasteiger charge is -2.30. The maximum atomic E-state index is 5.41. The second kappa shape index (κ2) is 20.0. The standard InChI is InChI=1S/C68H72N4/c1-10-12-14-16-22-45-40-46(23-17-15-13-11-2)42-53(41-45)68(9)59-39-33-47-24-18-19-25-54(47)61(59)57-38-32-50(43-60(57)68)62-56-27-21-20-26-55(56)58(44-69-62)65-71-63(48-28-34-51(35-29-48)66(3,4)5)70-64(72-65)49-30-36-52(37-31-49)67(6,7)8/h18-21,24-44H,10-17,22-23H2,1-9H3. The van der Waals surface area contributed by atoms with Crippen molar-refractivity contribution in [2.75, 3.05) is 0 Å². The molecule has 2 heterocycles. The maximum absolute atomic E-state index is 5.41. The fourth-order valence-electron chi connectivity index (χ4n) is 11.2. The summed E-state index contributed by atoms with van der Waals surface area (Å²) in [7, 11) is 0. The van der Waals surface area contributed by atoms with Crippen molar-refractivity contribution in [3.8, 4) is 56.5 Å². The SMILES string of the molecule is CCCCCCc1cc(CCCCCC)cc(C2(C)c3cc(-c4ncc(-c5nc(-c6ccc(C(C)(C)C)cc6)nc(-c6ccc(C(C)(C)C)cc6)n5)c5ccccc45)ccc3-c3c2ccc2ccccc32)c1. The molecular weight excluding hydrogens is 873 g/mol. The molecule has 0 saturated heterocycles. The molecule has 1 aliphatic rings. The van der Waals surface area contributed by atoms with E-state index in [1.165, 1.54) is 112 Å². The first-order chi connectivity index (χ1) is 34.7.